The minimum absolute atomic E-state index is 0.0639. The van der Waals surface area contributed by atoms with Crippen LogP contribution >= 0.6 is 0 Å². The third-order valence-electron chi connectivity index (χ3n) is 6.69. The standard InChI is InChI=1S/C29H42N2O4/c1-4-34-28(33)12-8-7-11-24-17-26(13-14-27(24)30)35-20-25(32)19-31-29(2,3)18-21-15-22-9-5-6-10-23(22)16-21/h5-6,9-10,13-14,17,21,25,31-32H,4,7-8,11-12,15-16,18-20,30H2,1-3H3/t25-/m1/s1. The number of hydrogen-bond donors (Lipinski definition) is 3. The van der Waals surface area contributed by atoms with Gasteiger partial charge in [-0.05, 0) is 100 Å². The molecule has 2 aromatic carbocycles. The number of nitrogen functional groups attached to an aromatic ring is 1. The van der Waals surface area contributed by atoms with Crippen molar-refractivity contribution < 1.29 is 19.4 Å². The van der Waals surface area contributed by atoms with Gasteiger partial charge in [0.1, 0.15) is 18.5 Å². The van der Waals surface area contributed by atoms with Gasteiger partial charge in [-0.3, -0.25) is 4.79 Å². The maximum Gasteiger partial charge on any atom is 0.305 e. The molecule has 0 aromatic heterocycles. The Labute approximate surface area is 210 Å². The monoisotopic (exact) mass is 482 g/mol. The number of carbonyl (C=O) groups is 1. The fraction of sp³-hybridized carbons (Fsp3) is 0.552. The van der Waals surface area contributed by atoms with Crippen molar-refractivity contribution >= 4 is 11.7 Å². The molecule has 192 valence electrons. The van der Waals surface area contributed by atoms with E-state index < -0.39 is 6.10 Å². The highest BCUT2D eigenvalue weighted by atomic mass is 16.5. The summed E-state index contributed by atoms with van der Waals surface area (Å²) in [6.07, 6.45) is 5.52. The van der Waals surface area contributed by atoms with Gasteiger partial charge < -0.3 is 25.6 Å². The quantitative estimate of drug-likeness (QED) is 0.209. The summed E-state index contributed by atoms with van der Waals surface area (Å²) < 4.78 is 10.8. The van der Waals surface area contributed by atoms with Gasteiger partial charge in [0.05, 0.1) is 6.61 Å². The lowest BCUT2D eigenvalue weighted by molar-refractivity contribution is -0.143. The molecule has 0 amide bonds. The van der Waals surface area contributed by atoms with Crippen LogP contribution in [0.1, 0.15) is 63.1 Å². The number of nitrogens with two attached hydrogens (primary N) is 1. The van der Waals surface area contributed by atoms with Gasteiger partial charge >= 0.3 is 5.97 Å². The van der Waals surface area contributed by atoms with E-state index in [2.05, 4.69) is 43.4 Å². The number of nitrogens with one attached hydrogen (secondary N) is 1. The van der Waals surface area contributed by atoms with Gasteiger partial charge in [-0.1, -0.05) is 24.3 Å². The number of aliphatic hydroxyl groups excluding tert-OH is 1. The average Bonchev–Trinajstić information content (AvgIpc) is 3.22. The van der Waals surface area contributed by atoms with E-state index in [9.17, 15) is 9.90 Å². The first-order valence-electron chi connectivity index (χ1n) is 12.9. The van der Waals surface area contributed by atoms with Crippen molar-refractivity contribution in [1.82, 2.24) is 5.32 Å². The van der Waals surface area contributed by atoms with Crippen molar-refractivity contribution in [3.63, 3.8) is 0 Å². The summed E-state index contributed by atoms with van der Waals surface area (Å²) in [4.78, 5) is 11.5. The molecule has 6 heteroatoms. The molecule has 1 aliphatic carbocycles. The van der Waals surface area contributed by atoms with Gasteiger partial charge in [0.15, 0.2) is 0 Å². The summed E-state index contributed by atoms with van der Waals surface area (Å²) in [5, 5.41) is 14.0. The number of benzene rings is 2. The summed E-state index contributed by atoms with van der Waals surface area (Å²) in [7, 11) is 0. The normalized spacial score (nSPS) is 14.5. The molecule has 6 nitrogen and oxygen atoms in total. The van der Waals surface area contributed by atoms with E-state index >= 15 is 0 Å². The van der Waals surface area contributed by atoms with E-state index in [1.807, 2.05) is 25.1 Å². The van der Waals surface area contributed by atoms with Crippen molar-refractivity contribution in [2.75, 3.05) is 25.5 Å². The first-order valence-corrected chi connectivity index (χ1v) is 12.9. The molecule has 35 heavy (non-hydrogen) atoms. The number of anilines is 1. The van der Waals surface area contributed by atoms with Crippen LogP contribution in [-0.2, 0) is 28.8 Å². The number of fused-ring (bicyclic) bond motifs is 1. The van der Waals surface area contributed by atoms with Crippen molar-refractivity contribution in [1.29, 1.82) is 0 Å². The third kappa shape index (κ3) is 8.86. The molecule has 0 aliphatic heterocycles. The fourth-order valence-electron chi connectivity index (χ4n) is 4.94. The Balaban J connectivity index is 1.38. The van der Waals surface area contributed by atoms with Crippen LogP contribution < -0.4 is 15.8 Å². The summed E-state index contributed by atoms with van der Waals surface area (Å²) in [6, 6.07) is 14.3. The molecular weight excluding hydrogens is 440 g/mol. The third-order valence-corrected chi connectivity index (χ3v) is 6.69. The van der Waals surface area contributed by atoms with Crippen LogP contribution in [0.15, 0.2) is 42.5 Å². The summed E-state index contributed by atoms with van der Waals surface area (Å²) >= 11 is 0. The number of β-amino-alcohol motifs (C(OH)–C–C–N with tert-alkyl or cyclic N) is 1. The molecular formula is C29H42N2O4. The van der Waals surface area contributed by atoms with Gasteiger partial charge in [-0.2, -0.15) is 0 Å². The van der Waals surface area contributed by atoms with Crippen LogP contribution in [0.4, 0.5) is 5.69 Å². The lowest BCUT2D eigenvalue weighted by Crippen LogP contribution is -2.46. The van der Waals surface area contributed by atoms with E-state index in [1.165, 1.54) is 11.1 Å². The van der Waals surface area contributed by atoms with Crippen LogP contribution in [0.25, 0.3) is 0 Å². The zero-order valence-corrected chi connectivity index (χ0v) is 21.5. The number of ether oxygens (including phenoxy) is 2. The molecule has 0 unspecified atom stereocenters. The summed E-state index contributed by atoms with van der Waals surface area (Å²) in [5.74, 6) is 1.17. The highest BCUT2D eigenvalue weighted by Crippen LogP contribution is 2.32. The van der Waals surface area contributed by atoms with E-state index in [1.54, 1.807) is 0 Å². The molecule has 0 saturated heterocycles. The minimum atomic E-state index is -0.611. The largest absolute Gasteiger partial charge is 0.491 e. The maximum absolute atomic E-state index is 11.5. The molecule has 1 atom stereocenters. The van der Waals surface area contributed by atoms with Gasteiger partial charge in [-0.15, -0.1) is 0 Å². The first kappa shape index (κ1) is 27.0. The molecule has 0 fully saturated rings. The van der Waals surface area contributed by atoms with E-state index in [4.69, 9.17) is 15.2 Å². The van der Waals surface area contributed by atoms with Crippen molar-refractivity contribution in [2.24, 2.45) is 5.92 Å². The Hall–Kier alpha value is -2.57. The topological polar surface area (TPSA) is 93.8 Å². The van der Waals surface area contributed by atoms with Crippen molar-refractivity contribution in [3.8, 4) is 5.75 Å². The van der Waals surface area contributed by atoms with Crippen molar-refractivity contribution in [3.05, 3.63) is 59.2 Å². The number of hydrogen-bond acceptors (Lipinski definition) is 6. The molecule has 3 rings (SSSR count). The van der Waals surface area contributed by atoms with E-state index in [-0.39, 0.29) is 18.1 Å². The van der Waals surface area contributed by atoms with Gasteiger partial charge in [0, 0.05) is 24.2 Å². The second-order valence-corrected chi connectivity index (χ2v) is 10.3. The van der Waals surface area contributed by atoms with E-state index in [0.29, 0.717) is 36.9 Å². The predicted octanol–water partition coefficient (Wildman–Crippen LogP) is 4.46. The Morgan fingerprint density at radius 1 is 1.17 bits per heavy atom. The van der Waals surface area contributed by atoms with Crippen LogP contribution in [0.5, 0.6) is 5.75 Å². The number of aryl methyl sites for hydroxylation is 1. The van der Waals surface area contributed by atoms with E-state index in [0.717, 1.165) is 44.1 Å². The second kappa shape index (κ2) is 12.9. The molecule has 0 spiro atoms. The van der Waals surface area contributed by atoms with Crippen LogP contribution in [0, 0.1) is 5.92 Å². The van der Waals surface area contributed by atoms with Gasteiger partial charge in [-0.25, -0.2) is 0 Å². The number of esters is 1. The number of aliphatic hydroxyl groups is 1. The lowest BCUT2D eigenvalue weighted by atomic mass is 9.88. The van der Waals surface area contributed by atoms with Crippen molar-refractivity contribution in [2.45, 2.75) is 77.4 Å². The minimum Gasteiger partial charge on any atom is -0.491 e. The van der Waals surface area contributed by atoms with Crippen LogP contribution in [0.2, 0.25) is 0 Å². The number of unbranched alkanes of at least 4 members (excludes halogenated alkanes) is 1. The zero-order valence-electron chi connectivity index (χ0n) is 21.5. The smallest absolute Gasteiger partial charge is 0.305 e. The number of rotatable bonds is 14. The Bertz CT molecular complexity index is 934. The maximum atomic E-state index is 11.5. The zero-order chi connectivity index (χ0) is 25.3. The average molecular weight is 483 g/mol. The van der Waals surface area contributed by atoms with Gasteiger partial charge in [0.25, 0.3) is 0 Å². The molecule has 0 bridgehead atoms. The fourth-order valence-corrected chi connectivity index (χ4v) is 4.94. The Morgan fingerprint density at radius 2 is 1.89 bits per heavy atom. The lowest BCUT2D eigenvalue weighted by Gasteiger charge is -2.30. The molecule has 0 radical (unpaired) electrons. The summed E-state index contributed by atoms with van der Waals surface area (Å²) in [6.45, 7) is 7.33. The Morgan fingerprint density at radius 3 is 2.57 bits per heavy atom. The summed E-state index contributed by atoms with van der Waals surface area (Å²) in [5.41, 5.74) is 10.7. The highest BCUT2D eigenvalue weighted by Gasteiger charge is 2.28. The first-order chi connectivity index (χ1) is 16.8. The van der Waals surface area contributed by atoms with Crippen LogP contribution in [-0.4, -0.2) is 42.5 Å². The molecule has 2 aromatic rings. The predicted molar refractivity (Wildman–Crippen MR) is 141 cm³/mol. The molecule has 4 N–H and O–H groups in total. The molecule has 0 heterocycles. The number of carbonyl (C=O) groups excluding carboxylic acids is 1. The Kier molecular flexibility index (Phi) is 9.99. The highest BCUT2D eigenvalue weighted by molar-refractivity contribution is 5.69. The van der Waals surface area contributed by atoms with Gasteiger partial charge in [0.2, 0.25) is 0 Å². The molecule has 1 aliphatic rings. The van der Waals surface area contributed by atoms with Crippen LogP contribution in [0.3, 0.4) is 0 Å². The molecule has 0 saturated carbocycles. The second-order valence-electron chi connectivity index (χ2n) is 10.3. The SMILES string of the molecule is CCOC(=O)CCCCc1cc(OC[C@H](O)CNC(C)(C)CC2Cc3ccccc3C2)ccc1N.